The van der Waals surface area contributed by atoms with Crippen LogP contribution in [-0.2, 0) is 4.74 Å². The van der Waals surface area contributed by atoms with Gasteiger partial charge in [0.2, 0.25) is 0 Å². The van der Waals surface area contributed by atoms with Crippen molar-refractivity contribution in [1.29, 1.82) is 0 Å². The number of hydrogen-bond donors (Lipinski definition) is 1. The van der Waals surface area contributed by atoms with Crippen LogP contribution in [0.25, 0.3) is 0 Å². The molecule has 1 aromatic carbocycles. The molecule has 1 aliphatic carbocycles. The van der Waals surface area contributed by atoms with Crippen LogP contribution in [0.3, 0.4) is 0 Å². The predicted molar refractivity (Wildman–Crippen MR) is 67.7 cm³/mol. The molecule has 0 unspecified atom stereocenters. The highest BCUT2D eigenvalue weighted by atomic mass is 19.1. The highest BCUT2D eigenvalue weighted by Crippen LogP contribution is 2.23. The molecule has 0 aliphatic heterocycles. The van der Waals surface area contributed by atoms with Crippen molar-refractivity contribution in [2.45, 2.75) is 44.6 Å². The molecule has 98 valence electrons. The Hall–Kier alpha value is -1.58. The Labute approximate surface area is 106 Å². The average molecular weight is 251 g/mol. The fourth-order valence-electron chi connectivity index (χ4n) is 2.33. The number of halogens is 1. The second-order valence-electron chi connectivity index (χ2n) is 4.72. The van der Waals surface area contributed by atoms with Crippen molar-refractivity contribution in [2.24, 2.45) is 0 Å². The highest BCUT2D eigenvalue weighted by Gasteiger charge is 2.21. The summed E-state index contributed by atoms with van der Waals surface area (Å²) in [5.74, 6) is -1.26. The number of nitrogen functional groups attached to an aromatic ring is 1. The van der Waals surface area contributed by atoms with Gasteiger partial charge in [-0.1, -0.05) is 18.9 Å². The van der Waals surface area contributed by atoms with Crippen LogP contribution in [0, 0.1) is 5.82 Å². The molecule has 1 fully saturated rings. The first-order chi connectivity index (χ1) is 8.68. The van der Waals surface area contributed by atoms with Crippen LogP contribution < -0.4 is 5.73 Å². The van der Waals surface area contributed by atoms with Gasteiger partial charge in [-0.2, -0.15) is 0 Å². The minimum atomic E-state index is -0.641. The largest absolute Gasteiger partial charge is 0.459 e. The Morgan fingerprint density at radius 1 is 1.22 bits per heavy atom. The van der Waals surface area contributed by atoms with E-state index in [2.05, 4.69) is 0 Å². The summed E-state index contributed by atoms with van der Waals surface area (Å²) < 4.78 is 18.9. The molecular weight excluding hydrogens is 233 g/mol. The van der Waals surface area contributed by atoms with Gasteiger partial charge >= 0.3 is 5.97 Å². The van der Waals surface area contributed by atoms with E-state index in [0.29, 0.717) is 0 Å². The summed E-state index contributed by atoms with van der Waals surface area (Å²) in [5, 5.41) is 0. The van der Waals surface area contributed by atoms with E-state index in [0.717, 1.165) is 25.7 Å². The first-order valence-electron chi connectivity index (χ1n) is 6.43. The number of nitrogens with two attached hydrogens (primary N) is 1. The number of esters is 1. The molecule has 0 aromatic heterocycles. The summed E-state index contributed by atoms with van der Waals surface area (Å²) in [7, 11) is 0. The molecule has 3 nitrogen and oxygen atoms in total. The van der Waals surface area contributed by atoms with Crippen LogP contribution in [0.15, 0.2) is 18.2 Å². The summed E-state index contributed by atoms with van der Waals surface area (Å²) in [5.41, 5.74) is 5.61. The molecule has 1 aromatic rings. The third-order valence-electron chi connectivity index (χ3n) is 3.33. The van der Waals surface area contributed by atoms with Crippen LogP contribution in [0.2, 0.25) is 0 Å². The first kappa shape index (κ1) is 12.9. The molecule has 2 N–H and O–H groups in total. The van der Waals surface area contributed by atoms with Crippen LogP contribution in [0.1, 0.15) is 48.9 Å². The minimum Gasteiger partial charge on any atom is -0.459 e. The summed E-state index contributed by atoms with van der Waals surface area (Å²) in [4.78, 5) is 11.9. The van der Waals surface area contributed by atoms with E-state index < -0.39 is 11.8 Å². The molecular formula is C14H18FNO2. The number of carbonyl (C=O) groups excluding carboxylic acids is 1. The fraction of sp³-hybridized carbons (Fsp3) is 0.500. The molecule has 0 amide bonds. The highest BCUT2D eigenvalue weighted by molar-refractivity contribution is 5.95. The van der Waals surface area contributed by atoms with Crippen LogP contribution in [0.4, 0.5) is 10.1 Å². The zero-order valence-electron chi connectivity index (χ0n) is 10.3. The maximum atomic E-state index is 13.6. The van der Waals surface area contributed by atoms with Gasteiger partial charge in [-0.3, -0.25) is 0 Å². The summed E-state index contributed by atoms with van der Waals surface area (Å²) in [6.45, 7) is 0. The normalized spacial score (nSPS) is 17.2. The summed E-state index contributed by atoms with van der Waals surface area (Å²) in [6.07, 6.45) is 6.10. The summed E-state index contributed by atoms with van der Waals surface area (Å²) in [6, 6.07) is 4.21. The zero-order chi connectivity index (χ0) is 13.0. The number of carbonyl (C=O) groups is 1. The molecule has 0 spiro atoms. The van der Waals surface area contributed by atoms with Gasteiger partial charge in [0.25, 0.3) is 0 Å². The van der Waals surface area contributed by atoms with Crippen molar-refractivity contribution in [2.75, 3.05) is 5.73 Å². The molecule has 4 heteroatoms. The third kappa shape index (κ3) is 3.00. The quantitative estimate of drug-likeness (QED) is 0.498. The topological polar surface area (TPSA) is 52.3 Å². The lowest BCUT2D eigenvalue weighted by Gasteiger charge is -2.16. The molecule has 0 bridgehead atoms. The molecule has 2 rings (SSSR count). The molecule has 1 aliphatic rings. The van der Waals surface area contributed by atoms with Gasteiger partial charge in [0.15, 0.2) is 0 Å². The number of hydrogen-bond acceptors (Lipinski definition) is 3. The molecule has 18 heavy (non-hydrogen) atoms. The van der Waals surface area contributed by atoms with E-state index in [1.165, 1.54) is 31.0 Å². The van der Waals surface area contributed by atoms with Gasteiger partial charge in [-0.05, 0) is 37.8 Å². The zero-order valence-corrected chi connectivity index (χ0v) is 10.3. The lowest BCUT2D eigenvalue weighted by Crippen LogP contribution is -2.19. The van der Waals surface area contributed by atoms with E-state index in [-0.39, 0.29) is 17.4 Å². The van der Waals surface area contributed by atoms with E-state index in [1.54, 1.807) is 0 Å². The first-order valence-corrected chi connectivity index (χ1v) is 6.43. The standard InChI is InChI=1S/C14H18FNO2/c15-11-8-5-9-12(16)13(11)14(17)18-10-6-3-1-2-4-7-10/h5,8-10H,1-4,6-7,16H2. The lowest BCUT2D eigenvalue weighted by molar-refractivity contribution is 0.0263. The van der Waals surface area contributed by atoms with E-state index in [9.17, 15) is 9.18 Å². The Bertz CT molecular complexity index is 406. The number of rotatable bonds is 2. The predicted octanol–water partition coefficient (Wildman–Crippen LogP) is 3.29. The number of anilines is 1. The summed E-state index contributed by atoms with van der Waals surface area (Å²) >= 11 is 0. The van der Waals surface area contributed by atoms with Crippen molar-refractivity contribution in [3.8, 4) is 0 Å². The van der Waals surface area contributed by atoms with E-state index >= 15 is 0 Å². The SMILES string of the molecule is Nc1cccc(F)c1C(=O)OC1CCCCCC1. The Balaban J connectivity index is 2.07. The van der Waals surface area contributed by atoms with Crippen molar-refractivity contribution in [1.82, 2.24) is 0 Å². The second kappa shape index (κ2) is 5.85. The maximum absolute atomic E-state index is 13.6. The van der Waals surface area contributed by atoms with Crippen LogP contribution in [0.5, 0.6) is 0 Å². The molecule has 0 atom stereocenters. The Kier molecular flexibility index (Phi) is 4.18. The molecule has 0 heterocycles. The average Bonchev–Trinajstić information content (AvgIpc) is 2.57. The van der Waals surface area contributed by atoms with Gasteiger partial charge in [0.1, 0.15) is 17.5 Å². The smallest absolute Gasteiger partial charge is 0.343 e. The van der Waals surface area contributed by atoms with Gasteiger partial charge in [0, 0.05) is 5.69 Å². The number of ether oxygens (including phenoxy) is 1. The molecule has 0 radical (unpaired) electrons. The third-order valence-corrected chi connectivity index (χ3v) is 3.33. The van der Waals surface area contributed by atoms with Crippen molar-refractivity contribution in [3.63, 3.8) is 0 Å². The minimum absolute atomic E-state index is 0.0981. The van der Waals surface area contributed by atoms with Gasteiger partial charge in [0.05, 0.1) is 0 Å². The lowest BCUT2D eigenvalue weighted by atomic mass is 10.1. The Morgan fingerprint density at radius 3 is 2.50 bits per heavy atom. The van der Waals surface area contributed by atoms with Crippen molar-refractivity contribution >= 4 is 11.7 Å². The molecule has 0 saturated heterocycles. The fourth-order valence-corrected chi connectivity index (χ4v) is 2.33. The maximum Gasteiger partial charge on any atom is 0.343 e. The van der Waals surface area contributed by atoms with Crippen LogP contribution in [-0.4, -0.2) is 12.1 Å². The Morgan fingerprint density at radius 2 is 1.89 bits per heavy atom. The monoisotopic (exact) mass is 251 g/mol. The van der Waals surface area contributed by atoms with Gasteiger partial charge in [-0.25, -0.2) is 9.18 Å². The van der Waals surface area contributed by atoms with Gasteiger partial charge < -0.3 is 10.5 Å². The van der Waals surface area contributed by atoms with Crippen molar-refractivity contribution < 1.29 is 13.9 Å². The second-order valence-corrected chi connectivity index (χ2v) is 4.72. The van der Waals surface area contributed by atoms with E-state index in [4.69, 9.17) is 10.5 Å². The van der Waals surface area contributed by atoms with Crippen molar-refractivity contribution in [3.05, 3.63) is 29.6 Å². The van der Waals surface area contributed by atoms with E-state index in [1.807, 2.05) is 0 Å². The van der Waals surface area contributed by atoms with Crippen LogP contribution >= 0.6 is 0 Å². The molecule has 1 saturated carbocycles. The number of benzene rings is 1. The van der Waals surface area contributed by atoms with Gasteiger partial charge in [-0.15, -0.1) is 0 Å².